The molecule has 0 saturated heterocycles. The summed E-state index contributed by atoms with van der Waals surface area (Å²) in [7, 11) is 0. The Labute approximate surface area is 109 Å². The minimum atomic E-state index is 0.486. The molecule has 1 aliphatic heterocycles. The summed E-state index contributed by atoms with van der Waals surface area (Å²) in [6.07, 6.45) is 8.16. The monoisotopic (exact) mass is 243 g/mol. The Morgan fingerprint density at radius 1 is 1.50 bits per heavy atom. The van der Waals surface area contributed by atoms with Crippen molar-refractivity contribution in [1.29, 1.82) is 0 Å². The average molecular weight is 243 g/mol. The van der Waals surface area contributed by atoms with E-state index < -0.39 is 0 Å². The van der Waals surface area contributed by atoms with Gasteiger partial charge in [0.25, 0.3) is 0 Å². The Bertz CT molecular complexity index is 510. The van der Waals surface area contributed by atoms with Crippen molar-refractivity contribution >= 4 is 5.57 Å². The molecule has 0 aromatic carbocycles. The molecule has 2 aliphatic rings. The third-order valence-corrected chi connectivity index (χ3v) is 4.12. The predicted octanol–water partition coefficient (Wildman–Crippen LogP) is 3.19. The van der Waals surface area contributed by atoms with E-state index in [1.54, 1.807) is 0 Å². The highest BCUT2D eigenvalue weighted by molar-refractivity contribution is 5.68. The molecule has 1 aromatic heterocycles. The maximum Gasteiger partial charge on any atom is 0.0653 e. The van der Waals surface area contributed by atoms with Crippen LogP contribution in [0.3, 0.4) is 0 Å². The molecular formula is C15H21N3. The first kappa shape index (κ1) is 11.6. The highest BCUT2D eigenvalue weighted by Crippen LogP contribution is 2.32. The van der Waals surface area contributed by atoms with Gasteiger partial charge in [-0.1, -0.05) is 12.7 Å². The molecule has 0 amide bonds. The van der Waals surface area contributed by atoms with Crippen LogP contribution in [0.4, 0.5) is 0 Å². The lowest BCUT2D eigenvalue weighted by molar-refractivity contribution is 0.192. The first-order chi connectivity index (χ1) is 8.66. The number of nitrogens with zero attached hydrogens (tertiary/aromatic N) is 3. The number of aromatic nitrogens is 2. The maximum atomic E-state index is 4.56. The normalized spacial score (nSPS) is 22.9. The van der Waals surface area contributed by atoms with Gasteiger partial charge in [-0.2, -0.15) is 5.10 Å². The van der Waals surface area contributed by atoms with Gasteiger partial charge in [0.2, 0.25) is 0 Å². The van der Waals surface area contributed by atoms with Gasteiger partial charge in [0.05, 0.1) is 25.0 Å². The van der Waals surface area contributed by atoms with Crippen molar-refractivity contribution in [2.45, 2.75) is 52.2 Å². The molecule has 0 spiro atoms. The summed E-state index contributed by atoms with van der Waals surface area (Å²) < 4.78 is 2.18. The minimum absolute atomic E-state index is 0.486. The summed E-state index contributed by atoms with van der Waals surface area (Å²) in [6.45, 7) is 10.3. The standard InChI is InChI=1S/C15H21N3/c1-11(2)17-10-15-14(13-6-4-5-7-13)8-16-18(15)9-12(17)3/h6,8,12H,1,4-5,7,9-10H2,2-3H3. The van der Waals surface area contributed by atoms with Crippen LogP contribution in [0.15, 0.2) is 24.5 Å². The molecule has 0 N–H and O–H groups in total. The zero-order chi connectivity index (χ0) is 12.7. The van der Waals surface area contributed by atoms with Gasteiger partial charge in [-0.05, 0) is 38.7 Å². The largest absolute Gasteiger partial charge is 0.365 e. The summed E-state index contributed by atoms with van der Waals surface area (Å²) in [6, 6.07) is 0.486. The van der Waals surface area contributed by atoms with Crippen LogP contribution in [-0.4, -0.2) is 20.7 Å². The summed E-state index contributed by atoms with van der Waals surface area (Å²) in [5.74, 6) is 0. The Morgan fingerprint density at radius 3 is 3.00 bits per heavy atom. The molecule has 3 rings (SSSR count). The van der Waals surface area contributed by atoms with E-state index in [0.717, 1.165) is 18.8 Å². The smallest absolute Gasteiger partial charge is 0.0653 e. The quantitative estimate of drug-likeness (QED) is 0.795. The zero-order valence-electron chi connectivity index (χ0n) is 11.3. The topological polar surface area (TPSA) is 21.1 Å². The summed E-state index contributed by atoms with van der Waals surface area (Å²) in [4.78, 5) is 2.38. The third-order valence-electron chi connectivity index (χ3n) is 4.12. The van der Waals surface area contributed by atoms with E-state index in [4.69, 9.17) is 0 Å². The lowest BCUT2D eigenvalue weighted by Crippen LogP contribution is -2.40. The molecule has 0 radical (unpaired) electrons. The van der Waals surface area contributed by atoms with Gasteiger partial charge in [0.15, 0.2) is 0 Å². The van der Waals surface area contributed by atoms with Crippen LogP contribution >= 0.6 is 0 Å². The molecule has 1 atom stereocenters. The van der Waals surface area contributed by atoms with Gasteiger partial charge < -0.3 is 4.90 Å². The van der Waals surface area contributed by atoms with Crippen LogP contribution in [0.1, 0.15) is 44.4 Å². The molecule has 2 heterocycles. The van der Waals surface area contributed by atoms with Crippen LogP contribution in [0, 0.1) is 0 Å². The minimum Gasteiger partial charge on any atom is -0.365 e. The van der Waals surface area contributed by atoms with Crippen LogP contribution in [0.5, 0.6) is 0 Å². The first-order valence-corrected chi connectivity index (χ1v) is 6.83. The number of allylic oxidation sites excluding steroid dienone is 3. The van der Waals surface area contributed by atoms with Gasteiger partial charge in [-0.3, -0.25) is 4.68 Å². The molecule has 1 aliphatic carbocycles. The van der Waals surface area contributed by atoms with Crippen molar-refractivity contribution in [3.8, 4) is 0 Å². The summed E-state index contributed by atoms with van der Waals surface area (Å²) in [5, 5.41) is 4.56. The highest BCUT2D eigenvalue weighted by Gasteiger charge is 2.26. The second kappa shape index (κ2) is 4.30. The Kier molecular flexibility index (Phi) is 2.77. The molecule has 18 heavy (non-hydrogen) atoms. The number of rotatable bonds is 2. The highest BCUT2D eigenvalue weighted by atomic mass is 15.3. The number of hydrogen-bond donors (Lipinski definition) is 0. The number of fused-ring (bicyclic) bond motifs is 1. The molecule has 3 heteroatoms. The van der Waals surface area contributed by atoms with E-state index in [9.17, 15) is 0 Å². The average Bonchev–Trinajstić information content (AvgIpc) is 2.94. The van der Waals surface area contributed by atoms with E-state index in [0.29, 0.717) is 6.04 Å². The summed E-state index contributed by atoms with van der Waals surface area (Å²) >= 11 is 0. The predicted molar refractivity (Wildman–Crippen MR) is 73.9 cm³/mol. The lowest BCUT2D eigenvalue weighted by Gasteiger charge is -2.36. The Hall–Kier alpha value is -1.51. The van der Waals surface area contributed by atoms with Gasteiger partial charge in [-0.25, -0.2) is 0 Å². The molecule has 1 aromatic rings. The molecular weight excluding hydrogens is 222 g/mol. The number of hydrogen-bond acceptors (Lipinski definition) is 2. The lowest BCUT2D eigenvalue weighted by atomic mass is 10.0. The maximum absolute atomic E-state index is 4.56. The van der Waals surface area contributed by atoms with E-state index in [1.165, 1.54) is 36.1 Å². The van der Waals surface area contributed by atoms with Crippen molar-refractivity contribution in [2.24, 2.45) is 0 Å². The second-order valence-electron chi connectivity index (χ2n) is 5.52. The van der Waals surface area contributed by atoms with Crippen LogP contribution < -0.4 is 0 Å². The fraction of sp³-hybridized carbons (Fsp3) is 0.533. The van der Waals surface area contributed by atoms with Crippen molar-refractivity contribution in [3.63, 3.8) is 0 Å². The molecule has 1 unspecified atom stereocenters. The molecule has 0 fully saturated rings. The van der Waals surface area contributed by atoms with E-state index in [2.05, 4.69) is 47.4 Å². The molecule has 0 saturated carbocycles. The van der Waals surface area contributed by atoms with Crippen LogP contribution in [0.2, 0.25) is 0 Å². The Balaban J connectivity index is 1.96. The van der Waals surface area contributed by atoms with E-state index in [1.807, 2.05) is 0 Å². The molecule has 3 nitrogen and oxygen atoms in total. The molecule has 0 bridgehead atoms. The van der Waals surface area contributed by atoms with Gasteiger partial charge >= 0.3 is 0 Å². The van der Waals surface area contributed by atoms with Crippen molar-refractivity contribution in [2.75, 3.05) is 0 Å². The van der Waals surface area contributed by atoms with Crippen LogP contribution in [0.25, 0.3) is 5.57 Å². The van der Waals surface area contributed by atoms with E-state index in [-0.39, 0.29) is 0 Å². The van der Waals surface area contributed by atoms with Gasteiger partial charge in [-0.15, -0.1) is 0 Å². The third kappa shape index (κ3) is 1.78. The first-order valence-electron chi connectivity index (χ1n) is 6.83. The summed E-state index contributed by atoms with van der Waals surface area (Å²) in [5.41, 5.74) is 5.38. The van der Waals surface area contributed by atoms with Crippen molar-refractivity contribution in [1.82, 2.24) is 14.7 Å². The fourth-order valence-electron chi connectivity index (χ4n) is 3.10. The van der Waals surface area contributed by atoms with Gasteiger partial charge in [0, 0.05) is 17.3 Å². The zero-order valence-corrected chi connectivity index (χ0v) is 11.3. The Morgan fingerprint density at radius 2 is 2.33 bits per heavy atom. The fourth-order valence-corrected chi connectivity index (χ4v) is 3.10. The molecule has 96 valence electrons. The van der Waals surface area contributed by atoms with Crippen molar-refractivity contribution in [3.05, 3.63) is 35.8 Å². The van der Waals surface area contributed by atoms with Gasteiger partial charge in [0.1, 0.15) is 0 Å². The van der Waals surface area contributed by atoms with E-state index >= 15 is 0 Å². The van der Waals surface area contributed by atoms with Crippen molar-refractivity contribution < 1.29 is 0 Å². The SMILES string of the molecule is C=C(C)N1Cc2c(C3=CCCC3)cnn2CC1C. The second-order valence-corrected chi connectivity index (χ2v) is 5.52. The van der Waals surface area contributed by atoms with Crippen LogP contribution in [-0.2, 0) is 13.1 Å².